The Balaban J connectivity index is 1.89. The first-order valence-electron chi connectivity index (χ1n) is 6.17. The average Bonchev–Trinajstić information content (AvgIpc) is 2.42. The van der Waals surface area contributed by atoms with Crippen LogP contribution < -0.4 is 5.32 Å². The van der Waals surface area contributed by atoms with Crippen molar-refractivity contribution in [2.24, 2.45) is 0 Å². The molecule has 18 heavy (non-hydrogen) atoms. The van der Waals surface area contributed by atoms with Gasteiger partial charge >= 0.3 is 0 Å². The number of nitrogens with one attached hydrogen (secondary N) is 1. The fraction of sp³-hybridized carbons (Fsp3) is 0.267. The molecule has 92 valence electrons. The summed E-state index contributed by atoms with van der Waals surface area (Å²) in [4.78, 5) is 4.16. The van der Waals surface area contributed by atoms with Crippen LogP contribution >= 0.6 is 0 Å². The molecule has 3 nitrogen and oxygen atoms in total. The summed E-state index contributed by atoms with van der Waals surface area (Å²) < 4.78 is 5.64. The van der Waals surface area contributed by atoms with Gasteiger partial charge in [0.15, 0.2) is 0 Å². The molecule has 1 N–H and O–H groups in total. The number of hydrogen-bond acceptors (Lipinski definition) is 3. The highest BCUT2D eigenvalue weighted by molar-refractivity contribution is 5.51. The van der Waals surface area contributed by atoms with Crippen LogP contribution in [0.15, 0.2) is 42.7 Å². The predicted octanol–water partition coefficient (Wildman–Crippen LogP) is 3.07. The monoisotopic (exact) mass is 240 g/mol. The molecule has 3 heteroatoms. The van der Waals surface area contributed by atoms with E-state index in [-0.39, 0.29) is 6.04 Å². The van der Waals surface area contributed by atoms with E-state index in [0.717, 1.165) is 5.69 Å². The van der Waals surface area contributed by atoms with Crippen molar-refractivity contribution in [3.63, 3.8) is 0 Å². The molecule has 0 saturated carbocycles. The van der Waals surface area contributed by atoms with Gasteiger partial charge in [-0.2, -0.15) is 0 Å². The SMILES string of the molecule is Cc1ccncc1NC1COCc2ccccc21. The van der Waals surface area contributed by atoms with Crippen molar-refractivity contribution >= 4 is 5.69 Å². The van der Waals surface area contributed by atoms with Gasteiger partial charge in [-0.1, -0.05) is 24.3 Å². The number of fused-ring (bicyclic) bond motifs is 1. The van der Waals surface area contributed by atoms with Crippen LogP contribution in [0.2, 0.25) is 0 Å². The summed E-state index contributed by atoms with van der Waals surface area (Å²) in [6.45, 7) is 3.49. The molecule has 0 saturated heterocycles. The Morgan fingerprint density at radius 1 is 1.28 bits per heavy atom. The standard InChI is InChI=1S/C15H16N2O/c1-11-6-7-16-8-14(11)17-15-10-18-9-12-4-2-3-5-13(12)15/h2-8,15,17H,9-10H2,1H3. The molecule has 3 rings (SSSR count). The van der Waals surface area contributed by atoms with Gasteiger partial charge in [0.1, 0.15) is 0 Å². The van der Waals surface area contributed by atoms with Gasteiger partial charge in [0.05, 0.1) is 31.1 Å². The highest BCUT2D eigenvalue weighted by Crippen LogP contribution is 2.28. The van der Waals surface area contributed by atoms with Crippen molar-refractivity contribution in [1.29, 1.82) is 0 Å². The van der Waals surface area contributed by atoms with Crippen molar-refractivity contribution in [2.45, 2.75) is 19.6 Å². The lowest BCUT2D eigenvalue weighted by Gasteiger charge is -2.27. The van der Waals surface area contributed by atoms with Crippen LogP contribution in [0.3, 0.4) is 0 Å². The zero-order valence-electron chi connectivity index (χ0n) is 10.4. The number of rotatable bonds is 2. The van der Waals surface area contributed by atoms with Crippen LogP contribution in [0, 0.1) is 6.92 Å². The first-order chi connectivity index (χ1) is 8.84. The molecule has 2 aromatic rings. The highest BCUT2D eigenvalue weighted by atomic mass is 16.5. The van der Waals surface area contributed by atoms with Gasteiger partial charge in [0, 0.05) is 6.20 Å². The summed E-state index contributed by atoms with van der Waals surface area (Å²) in [6, 6.07) is 10.6. The minimum absolute atomic E-state index is 0.206. The Hall–Kier alpha value is -1.87. The fourth-order valence-corrected chi connectivity index (χ4v) is 2.30. The number of hydrogen-bond donors (Lipinski definition) is 1. The van der Waals surface area contributed by atoms with Crippen LogP contribution in [-0.2, 0) is 11.3 Å². The summed E-state index contributed by atoms with van der Waals surface area (Å²) in [6.07, 6.45) is 3.68. The number of aromatic nitrogens is 1. The van der Waals surface area contributed by atoms with Crippen molar-refractivity contribution in [3.8, 4) is 0 Å². The van der Waals surface area contributed by atoms with Crippen LogP contribution in [0.25, 0.3) is 0 Å². The van der Waals surface area contributed by atoms with Crippen molar-refractivity contribution < 1.29 is 4.74 Å². The minimum Gasteiger partial charge on any atom is -0.374 e. The molecular formula is C15H16N2O. The van der Waals surface area contributed by atoms with Crippen molar-refractivity contribution in [3.05, 3.63) is 59.4 Å². The summed E-state index contributed by atoms with van der Waals surface area (Å²) in [5, 5.41) is 3.52. The van der Waals surface area contributed by atoms with E-state index in [1.807, 2.05) is 18.5 Å². The average molecular weight is 240 g/mol. The third-order valence-corrected chi connectivity index (χ3v) is 3.34. The Bertz CT molecular complexity index is 554. The number of aryl methyl sites for hydroxylation is 1. The number of pyridine rings is 1. The van der Waals surface area contributed by atoms with E-state index >= 15 is 0 Å². The second-order valence-corrected chi connectivity index (χ2v) is 4.60. The summed E-state index contributed by atoms with van der Waals surface area (Å²) in [7, 11) is 0. The first-order valence-corrected chi connectivity index (χ1v) is 6.17. The lowest BCUT2D eigenvalue weighted by molar-refractivity contribution is 0.0970. The van der Waals surface area contributed by atoms with Gasteiger partial charge in [-0.05, 0) is 29.7 Å². The molecule has 0 amide bonds. The van der Waals surface area contributed by atoms with Gasteiger partial charge in [-0.25, -0.2) is 0 Å². The summed E-state index contributed by atoms with van der Waals surface area (Å²) in [5.74, 6) is 0. The number of anilines is 1. The number of ether oxygens (including phenoxy) is 1. The van der Waals surface area contributed by atoms with Crippen molar-refractivity contribution in [2.75, 3.05) is 11.9 Å². The van der Waals surface area contributed by atoms with E-state index in [1.165, 1.54) is 16.7 Å². The molecule has 1 unspecified atom stereocenters. The lowest BCUT2D eigenvalue weighted by atomic mass is 9.99. The third kappa shape index (κ3) is 2.09. The lowest BCUT2D eigenvalue weighted by Crippen LogP contribution is -2.23. The number of benzene rings is 1. The van der Waals surface area contributed by atoms with E-state index in [9.17, 15) is 0 Å². The molecule has 1 aromatic heterocycles. The van der Waals surface area contributed by atoms with Crippen LogP contribution in [0.1, 0.15) is 22.7 Å². The molecule has 1 atom stereocenters. The van der Waals surface area contributed by atoms with E-state index in [2.05, 4.69) is 41.5 Å². The Labute approximate surface area is 107 Å². The maximum Gasteiger partial charge on any atom is 0.0752 e. The van der Waals surface area contributed by atoms with E-state index in [0.29, 0.717) is 13.2 Å². The Kier molecular flexibility index (Phi) is 2.99. The van der Waals surface area contributed by atoms with Crippen LogP contribution in [0.5, 0.6) is 0 Å². The third-order valence-electron chi connectivity index (χ3n) is 3.34. The van der Waals surface area contributed by atoms with Crippen LogP contribution in [-0.4, -0.2) is 11.6 Å². The molecule has 0 spiro atoms. The molecule has 0 fully saturated rings. The van der Waals surface area contributed by atoms with E-state index < -0.39 is 0 Å². The van der Waals surface area contributed by atoms with E-state index in [4.69, 9.17) is 4.74 Å². The fourth-order valence-electron chi connectivity index (χ4n) is 2.30. The molecule has 0 bridgehead atoms. The Morgan fingerprint density at radius 3 is 3.06 bits per heavy atom. The molecule has 1 aliphatic heterocycles. The quantitative estimate of drug-likeness (QED) is 0.876. The molecule has 0 aliphatic carbocycles. The van der Waals surface area contributed by atoms with Gasteiger partial charge in [0.25, 0.3) is 0 Å². The minimum atomic E-state index is 0.206. The van der Waals surface area contributed by atoms with Gasteiger partial charge < -0.3 is 10.1 Å². The summed E-state index contributed by atoms with van der Waals surface area (Å²) in [5.41, 5.74) is 4.87. The summed E-state index contributed by atoms with van der Waals surface area (Å²) >= 11 is 0. The maximum absolute atomic E-state index is 5.64. The van der Waals surface area contributed by atoms with Crippen LogP contribution in [0.4, 0.5) is 5.69 Å². The normalized spacial score (nSPS) is 18.2. The zero-order valence-corrected chi connectivity index (χ0v) is 10.4. The Morgan fingerprint density at radius 2 is 2.17 bits per heavy atom. The van der Waals surface area contributed by atoms with Crippen molar-refractivity contribution in [1.82, 2.24) is 4.98 Å². The van der Waals surface area contributed by atoms with E-state index in [1.54, 1.807) is 0 Å². The molecule has 0 radical (unpaired) electrons. The van der Waals surface area contributed by atoms with Gasteiger partial charge in [0.2, 0.25) is 0 Å². The topological polar surface area (TPSA) is 34.2 Å². The first kappa shape index (κ1) is 11.2. The molecule has 1 aliphatic rings. The zero-order chi connectivity index (χ0) is 12.4. The molecular weight excluding hydrogens is 224 g/mol. The molecule has 2 heterocycles. The highest BCUT2D eigenvalue weighted by Gasteiger charge is 2.20. The second kappa shape index (κ2) is 4.78. The maximum atomic E-state index is 5.64. The largest absolute Gasteiger partial charge is 0.374 e. The van der Waals surface area contributed by atoms with Gasteiger partial charge in [-0.15, -0.1) is 0 Å². The molecule has 1 aromatic carbocycles. The van der Waals surface area contributed by atoms with Gasteiger partial charge in [-0.3, -0.25) is 4.98 Å². The predicted molar refractivity (Wildman–Crippen MR) is 71.4 cm³/mol. The number of nitrogens with zero attached hydrogens (tertiary/aromatic N) is 1. The second-order valence-electron chi connectivity index (χ2n) is 4.60. The smallest absolute Gasteiger partial charge is 0.0752 e.